The number of H-pyrrole nitrogens is 1. The Bertz CT molecular complexity index is 3490. The summed E-state index contributed by atoms with van der Waals surface area (Å²) >= 11 is 0. The Labute approximate surface area is 375 Å². The first-order valence-electron chi connectivity index (χ1n) is 22.8. The second-order valence-corrected chi connectivity index (χ2v) is 19.8. The number of hydrogen-bond donors (Lipinski definition) is 1. The number of imidazole rings is 1. The van der Waals surface area contributed by atoms with Crippen LogP contribution >= 0.6 is 0 Å². The number of amides is 1. The summed E-state index contributed by atoms with van der Waals surface area (Å²) in [5.74, 6) is -0.581. The number of aromatic amines is 1. The molecule has 13 rings (SSSR count). The van der Waals surface area contributed by atoms with Gasteiger partial charge in [-0.3, -0.25) is 28.1 Å². The lowest BCUT2D eigenvalue weighted by Crippen LogP contribution is -2.58. The maximum atomic E-state index is 16.2. The highest BCUT2D eigenvalue weighted by molar-refractivity contribution is 6.00. The van der Waals surface area contributed by atoms with Crippen LogP contribution in [0.25, 0.3) is 39.0 Å². The van der Waals surface area contributed by atoms with E-state index in [-0.39, 0.29) is 52.2 Å². The van der Waals surface area contributed by atoms with Crippen LogP contribution in [0, 0.1) is 17.6 Å². The highest BCUT2D eigenvalue weighted by atomic mass is 19.1. The van der Waals surface area contributed by atoms with Crippen LogP contribution in [0.5, 0.6) is 0 Å². The molecule has 336 valence electrons. The van der Waals surface area contributed by atoms with Crippen molar-refractivity contribution in [2.45, 2.75) is 101 Å². The molecule has 1 N–H and O–H groups in total. The number of halogens is 2. The molecule has 66 heavy (non-hydrogen) atoms. The van der Waals surface area contributed by atoms with Crippen molar-refractivity contribution in [1.29, 1.82) is 0 Å². The molecule has 8 aromatic rings. The molecule has 0 radical (unpaired) electrons. The third-order valence-electron chi connectivity index (χ3n) is 15.3. The van der Waals surface area contributed by atoms with E-state index in [0.717, 1.165) is 42.3 Å². The Morgan fingerprint density at radius 1 is 0.939 bits per heavy atom. The minimum absolute atomic E-state index is 0.0135. The molecule has 2 unspecified atom stereocenters. The van der Waals surface area contributed by atoms with E-state index in [0.29, 0.717) is 65.5 Å². The third kappa shape index (κ3) is 5.61. The van der Waals surface area contributed by atoms with Gasteiger partial charge in [0.05, 0.1) is 45.8 Å². The van der Waals surface area contributed by atoms with Crippen LogP contribution in [-0.2, 0) is 23.7 Å². The van der Waals surface area contributed by atoms with E-state index in [4.69, 9.17) is 14.4 Å². The maximum absolute atomic E-state index is 16.2. The van der Waals surface area contributed by atoms with Gasteiger partial charge in [-0.2, -0.15) is 10.2 Å². The Hall–Kier alpha value is -6.88. The van der Waals surface area contributed by atoms with E-state index in [9.17, 15) is 9.59 Å². The number of benzene rings is 3. The van der Waals surface area contributed by atoms with Crippen LogP contribution < -0.4 is 11.4 Å². The highest BCUT2D eigenvalue weighted by Gasteiger charge is 2.60. The van der Waals surface area contributed by atoms with Gasteiger partial charge in [0.1, 0.15) is 22.9 Å². The second kappa shape index (κ2) is 13.6. The molecule has 3 aromatic carbocycles. The van der Waals surface area contributed by atoms with E-state index < -0.39 is 28.8 Å². The number of aryl methyl sites for hydroxylation is 1. The zero-order valence-corrected chi connectivity index (χ0v) is 36.8. The number of carbonyl (C=O) groups is 1. The topological polar surface area (TPSA) is 156 Å². The van der Waals surface area contributed by atoms with E-state index in [2.05, 4.69) is 58.8 Å². The number of aromatic nitrogens is 9. The molecule has 3 aliphatic heterocycles. The lowest BCUT2D eigenvalue weighted by atomic mass is 9.77. The van der Waals surface area contributed by atoms with Gasteiger partial charge in [-0.1, -0.05) is 18.1 Å². The first kappa shape index (κ1) is 39.5. The fourth-order valence-corrected chi connectivity index (χ4v) is 11.7. The minimum atomic E-state index is -0.839. The summed E-state index contributed by atoms with van der Waals surface area (Å²) in [6.45, 7) is 6.97. The standard InChI is InChI=1S/C49H46F2N10O5/c1-25-22-49(25,45-53-46(63)66-55-45)60-36-10-7-27(28-13-16-65-48(2,3)23-28)17-29(36)18-40(60)44(62)59-31-20-35-41(39(59)21-31)43(61(54-35)30-8-9-34(50)32(19-30)26-5-6-26)58-15-14-57(47(58)64)38-12-11-37-33(42(38)51)24-52-56(37)4/h7-12,14-15,17-19,24-26,28,31,39H,5-6,13,16,20-23H2,1-4H3,(H,53,55,63)/t25-,28-,31?,39?,49-/m0/s1. The number of hydrogen-bond acceptors (Lipinski definition) is 8. The Balaban J connectivity index is 0.956. The average Bonchev–Trinajstić information content (AvgIpc) is 3.85. The van der Waals surface area contributed by atoms with Crippen molar-refractivity contribution in [3.8, 4) is 17.2 Å². The normalized spacial score (nSPS) is 24.2. The molecule has 17 heteroatoms. The minimum Gasteiger partial charge on any atom is -0.376 e. The first-order chi connectivity index (χ1) is 31.8. The molecule has 5 aliphatic rings. The van der Waals surface area contributed by atoms with Crippen molar-refractivity contribution in [1.82, 2.24) is 48.3 Å². The van der Waals surface area contributed by atoms with Gasteiger partial charge in [0, 0.05) is 55.0 Å². The molecule has 5 atom stereocenters. The average molecular weight is 893 g/mol. The molecule has 15 nitrogen and oxygen atoms in total. The molecule has 0 spiro atoms. The fourth-order valence-electron chi connectivity index (χ4n) is 11.7. The van der Waals surface area contributed by atoms with Crippen LogP contribution in [0.4, 0.5) is 8.78 Å². The lowest BCUT2D eigenvalue weighted by molar-refractivity contribution is -0.0592. The summed E-state index contributed by atoms with van der Waals surface area (Å²) in [4.78, 5) is 47.5. The van der Waals surface area contributed by atoms with Crippen LogP contribution in [0.1, 0.15) is 116 Å². The summed E-state index contributed by atoms with van der Waals surface area (Å²) < 4.78 is 50.6. The summed E-state index contributed by atoms with van der Waals surface area (Å²) in [5, 5.41) is 14.7. The van der Waals surface area contributed by atoms with Crippen molar-refractivity contribution >= 4 is 27.7 Å². The number of nitrogens with zero attached hydrogens (tertiary/aromatic N) is 9. The predicted octanol–water partition coefficient (Wildman–Crippen LogP) is 7.46. The monoisotopic (exact) mass is 892 g/mol. The number of ether oxygens (including phenoxy) is 1. The van der Waals surface area contributed by atoms with E-state index in [1.165, 1.54) is 33.2 Å². The van der Waals surface area contributed by atoms with Crippen LogP contribution in [0.2, 0.25) is 0 Å². The van der Waals surface area contributed by atoms with Crippen molar-refractivity contribution in [3.05, 3.63) is 140 Å². The largest absolute Gasteiger partial charge is 0.438 e. The summed E-state index contributed by atoms with van der Waals surface area (Å²) in [6, 6.07) is 15.9. The zero-order valence-electron chi connectivity index (χ0n) is 36.8. The summed E-state index contributed by atoms with van der Waals surface area (Å²) in [6.07, 6.45) is 9.75. The zero-order chi connectivity index (χ0) is 45.1. The molecule has 2 saturated carbocycles. The van der Waals surface area contributed by atoms with E-state index in [1.807, 2.05) is 11.0 Å². The molecule has 2 saturated heterocycles. The van der Waals surface area contributed by atoms with Crippen LogP contribution in [-0.4, -0.2) is 72.5 Å². The summed E-state index contributed by atoms with van der Waals surface area (Å²) in [7, 11) is 1.73. The van der Waals surface area contributed by atoms with Crippen LogP contribution in [0.3, 0.4) is 0 Å². The molecule has 2 bridgehead atoms. The molecular formula is C49H46F2N10O5. The van der Waals surface area contributed by atoms with Crippen LogP contribution in [0.15, 0.2) is 87.3 Å². The molecule has 4 fully saturated rings. The smallest absolute Gasteiger partial charge is 0.376 e. The van der Waals surface area contributed by atoms with Crippen molar-refractivity contribution < 1.29 is 22.8 Å². The summed E-state index contributed by atoms with van der Waals surface area (Å²) in [5.41, 5.74) is 4.08. The Kier molecular flexibility index (Phi) is 8.13. The first-order valence-corrected chi connectivity index (χ1v) is 22.8. The van der Waals surface area contributed by atoms with Crippen molar-refractivity contribution in [3.63, 3.8) is 0 Å². The SMILES string of the molecule is C[C@H]1C[C@]1(c1noc(=O)[nH]1)n1c(C(=O)N2C3Cc4nn(-c5ccc(F)c(C6CC6)c5)c(-n5ccn(-c6ccc7c(cnn7C)c6F)c5=O)c4C2C3)cc2cc([C@H]3CCOC(C)(C)C3)ccc21. The van der Waals surface area contributed by atoms with Gasteiger partial charge in [0.2, 0.25) is 0 Å². The van der Waals surface area contributed by atoms with Gasteiger partial charge >= 0.3 is 11.4 Å². The maximum Gasteiger partial charge on any atom is 0.438 e. The molecule has 5 aromatic heterocycles. The van der Waals surface area contributed by atoms with Gasteiger partial charge < -0.3 is 14.2 Å². The Morgan fingerprint density at radius 2 is 1.74 bits per heavy atom. The molecule has 8 heterocycles. The number of carbonyl (C=O) groups excluding carboxylic acids is 1. The van der Waals surface area contributed by atoms with Crippen molar-refractivity contribution in [2.75, 3.05) is 6.61 Å². The van der Waals surface area contributed by atoms with Gasteiger partial charge in [-0.05, 0) is 130 Å². The predicted molar refractivity (Wildman–Crippen MR) is 238 cm³/mol. The van der Waals surface area contributed by atoms with Gasteiger partial charge in [0.15, 0.2) is 11.6 Å². The second-order valence-electron chi connectivity index (χ2n) is 19.8. The number of fused-ring (bicyclic) bond motifs is 6. The number of rotatable bonds is 8. The fraction of sp³-hybridized carbons (Fsp3) is 0.388. The highest BCUT2D eigenvalue weighted by Crippen LogP contribution is 2.57. The van der Waals surface area contributed by atoms with Gasteiger partial charge in [-0.15, -0.1) is 0 Å². The molecule has 2 aliphatic carbocycles. The van der Waals surface area contributed by atoms with E-state index >= 15 is 13.6 Å². The lowest BCUT2D eigenvalue weighted by Gasteiger charge is -2.52. The number of nitrogens with one attached hydrogen (secondary N) is 1. The van der Waals surface area contributed by atoms with Gasteiger partial charge in [0.25, 0.3) is 5.91 Å². The van der Waals surface area contributed by atoms with E-state index in [1.54, 1.807) is 46.9 Å². The quantitative estimate of drug-likeness (QED) is 0.165. The third-order valence-corrected chi connectivity index (χ3v) is 15.3. The van der Waals surface area contributed by atoms with Gasteiger partial charge in [-0.25, -0.2) is 23.1 Å². The molecule has 1 amide bonds. The molecular weight excluding hydrogens is 847 g/mol. The Morgan fingerprint density at radius 3 is 2.50 bits per heavy atom. The van der Waals surface area contributed by atoms with Crippen molar-refractivity contribution in [2.24, 2.45) is 13.0 Å².